The Labute approximate surface area is 336 Å². The molecule has 8 nitrogen and oxygen atoms in total. The Bertz CT molecular complexity index is 1300. The minimum Gasteiger partial charge on any atom is -0.465 e. The van der Waals surface area contributed by atoms with Crippen LogP contribution in [0.3, 0.4) is 0 Å². The Hall–Kier alpha value is -3.46. The van der Waals surface area contributed by atoms with E-state index < -0.39 is 11.9 Å². The Kier molecular flexibility index (Phi) is 29.3. The van der Waals surface area contributed by atoms with Gasteiger partial charge < -0.3 is 14.2 Å². The molecule has 2 aromatic rings. The molecule has 2 heterocycles. The van der Waals surface area contributed by atoms with Crippen molar-refractivity contribution in [1.82, 2.24) is 9.38 Å². The number of hydrogen-bond donors (Lipinski definition) is 0. The van der Waals surface area contributed by atoms with Crippen LogP contribution >= 0.6 is 11.3 Å². The van der Waals surface area contributed by atoms with Crippen molar-refractivity contribution >= 4 is 34.2 Å². The number of aromatic nitrogens is 2. The molecule has 0 saturated heterocycles. The number of ether oxygens (including phenoxy) is 3. The third-order valence-electron chi connectivity index (χ3n) is 9.38. The summed E-state index contributed by atoms with van der Waals surface area (Å²) in [6.07, 6.45) is 46.9. The Morgan fingerprint density at radius 3 is 1.51 bits per heavy atom. The molecule has 0 amide bonds. The van der Waals surface area contributed by atoms with Crippen LogP contribution in [-0.4, -0.2) is 47.1 Å². The quantitative estimate of drug-likeness (QED) is 0.0297. The Morgan fingerprint density at radius 1 is 0.600 bits per heavy atom. The lowest BCUT2D eigenvalue weighted by Crippen LogP contribution is -2.26. The zero-order chi connectivity index (χ0) is 39.4. The number of carbonyl (C=O) groups excluding carboxylic acids is 3. The summed E-state index contributed by atoms with van der Waals surface area (Å²) in [6, 6.07) is 0. The molecule has 0 aliphatic heterocycles. The molecule has 0 N–H and O–H groups in total. The first-order valence-corrected chi connectivity index (χ1v) is 22.4. The highest BCUT2D eigenvalue weighted by Crippen LogP contribution is 2.15. The van der Waals surface area contributed by atoms with Gasteiger partial charge in [0.2, 0.25) is 0 Å². The molecule has 0 aliphatic carbocycles. The number of fused-ring (bicyclic) bond motifs is 1. The summed E-state index contributed by atoms with van der Waals surface area (Å²) in [4.78, 5) is 42.8. The molecule has 0 spiro atoms. The highest BCUT2D eigenvalue weighted by atomic mass is 32.1. The molecule has 0 bridgehead atoms. The van der Waals surface area contributed by atoms with E-state index in [4.69, 9.17) is 14.2 Å². The lowest BCUT2D eigenvalue weighted by atomic mass is 10.1. The topological polar surface area (TPSA) is 96.2 Å². The molecule has 0 atom stereocenters. The first kappa shape index (κ1) is 47.7. The second kappa shape index (κ2) is 33.8. The molecule has 0 saturated carbocycles. The number of allylic oxidation sites excluding steroid dienone is 8. The summed E-state index contributed by atoms with van der Waals surface area (Å²) < 4.78 is 18.4. The molecule has 0 unspecified atom stereocenters. The van der Waals surface area contributed by atoms with Crippen molar-refractivity contribution in [2.24, 2.45) is 5.92 Å². The summed E-state index contributed by atoms with van der Waals surface area (Å²) in [7, 11) is 0. The van der Waals surface area contributed by atoms with Gasteiger partial charge in [-0.15, -0.1) is 11.3 Å². The van der Waals surface area contributed by atoms with Crippen LogP contribution in [-0.2, 0) is 23.8 Å². The van der Waals surface area contributed by atoms with E-state index in [0.29, 0.717) is 17.8 Å². The number of nitrogens with zero attached hydrogens (tertiary/aromatic N) is 2. The standard InChI is InChI=1S/C46H72N2O6S/c1-3-5-7-9-11-13-15-17-19-21-23-25-27-29-31-33-43(49)52-38-41(40-54-45(51)42-37-48-35-36-55-46(48)47-42)39-53-44(50)34-32-30-28-26-24-22-20-18-16-14-12-10-8-6-4-2/h11-14,17-20,35-37,41H,3-10,15-16,21-34,38-40H2,1-2H3/b13-11-,14-12-,19-17-,20-18-. The number of unbranched alkanes of at least 4 members (excludes halogenated alkanes) is 16. The average molecular weight is 781 g/mol. The van der Waals surface area contributed by atoms with Crippen LogP contribution < -0.4 is 0 Å². The molecule has 2 rings (SSSR count). The van der Waals surface area contributed by atoms with Gasteiger partial charge in [0.25, 0.3) is 0 Å². The van der Waals surface area contributed by atoms with E-state index in [2.05, 4.69) is 67.4 Å². The predicted molar refractivity (Wildman–Crippen MR) is 227 cm³/mol. The fraction of sp³-hybridized carbons (Fsp3) is 0.652. The Morgan fingerprint density at radius 2 is 1.04 bits per heavy atom. The number of imidazole rings is 1. The fourth-order valence-corrected chi connectivity index (χ4v) is 6.67. The van der Waals surface area contributed by atoms with Crippen molar-refractivity contribution in [1.29, 1.82) is 0 Å². The molecule has 0 aromatic carbocycles. The maximum absolute atomic E-state index is 12.7. The van der Waals surface area contributed by atoms with Crippen LogP contribution in [0.2, 0.25) is 0 Å². The van der Waals surface area contributed by atoms with Gasteiger partial charge in [0.05, 0.1) is 5.92 Å². The molecule has 308 valence electrons. The van der Waals surface area contributed by atoms with Crippen LogP contribution in [0.4, 0.5) is 0 Å². The maximum atomic E-state index is 12.7. The minimum absolute atomic E-state index is 0.0155. The van der Waals surface area contributed by atoms with Gasteiger partial charge in [-0.05, 0) is 77.0 Å². The zero-order valence-corrected chi connectivity index (χ0v) is 35.1. The van der Waals surface area contributed by atoms with Gasteiger partial charge in [-0.1, -0.05) is 127 Å². The number of rotatable bonds is 35. The van der Waals surface area contributed by atoms with Crippen LogP contribution in [0, 0.1) is 5.92 Å². The highest BCUT2D eigenvalue weighted by Gasteiger charge is 2.20. The summed E-state index contributed by atoms with van der Waals surface area (Å²) in [5, 5.41) is 1.89. The van der Waals surface area contributed by atoms with E-state index in [9.17, 15) is 14.4 Å². The van der Waals surface area contributed by atoms with Crippen molar-refractivity contribution in [2.75, 3.05) is 19.8 Å². The van der Waals surface area contributed by atoms with E-state index in [1.807, 2.05) is 11.6 Å². The maximum Gasteiger partial charge on any atom is 0.358 e. The lowest BCUT2D eigenvalue weighted by molar-refractivity contribution is -0.150. The van der Waals surface area contributed by atoms with Crippen LogP contribution in [0.1, 0.15) is 178 Å². The van der Waals surface area contributed by atoms with E-state index in [0.717, 1.165) is 89.9 Å². The van der Waals surface area contributed by atoms with Crippen LogP contribution in [0.25, 0.3) is 4.96 Å². The number of hydrogen-bond acceptors (Lipinski definition) is 8. The summed E-state index contributed by atoms with van der Waals surface area (Å²) in [5.74, 6) is -1.59. The predicted octanol–water partition coefficient (Wildman–Crippen LogP) is 12.9. The number of carbonyl (C=O) groups is 3. The van der Waals surface area contributed by atoms with Crippen LogP contribution in [0.15, 0.2) is 66.4 Å². The van der Waals surface area contributed by atoms with Gasteiger partial charge in [-0.2, -0.15) is 0 Å². The fourth-order valence-electron chi connectivity index (χ4n) is 5.97. The van der Waals surface area contributed by atoms with E-state index in [1.165, 1.54) is 62.7 Å². The summed E-state index contributed by atoms with van der Waals surface area (Å²) in [6.45, 7) is 4.45. The lowest BCUT2D eigenvalue weighted by Gasteiger charge is -2.17. The van der Waals surface area contributed by atoms with Crippen molar-refractivity contribution in [3.63, 3.8) is 0 Å². The second-order valence-corrected chi connectivity index (χ2v) is 15.4. The Balaban J connectivity index is 1.61. The number of esters is 3. The summed E-state index contributed by atoms with van der Waals surface area (Å²) >= 11 is 1.43. The van der Waals surface area contributed by atoms with Gasteiger partial charge in [-0.25, -0.2) is 9.78 Å². The first-order chi connectivity index (χ1) is 27.0. The van der Waals surface area contributed by atoms with Gasteiger partial charge in [0, 0.05) is 30.6 Å². The minimum atomic E-state index is -0.561. The SMILES string of the molecule is CCCCC/C=C\C/C=C\CCCCCCCC(=O)OCC(COC(=O)CCCCCCC/C=C\C/C=C\CCCCC)COC(=O)c1cn2ccsc2n1. The average Bonchev–Trinajstić information content (AvgIpc) is 3.81. The van der Waals surface area contributed by atoms with Crippen molar-refractivity contribution in [3.05, 3.63) is 72.1 Å². The van der Waals surface area contributed by atoms with Crippen molar-refractivity contribution < 1.29 is 28.6 Å². The first-order valence-electron chi connectivity index (χ1n) is 21.5. The monoisotopic (exact) mass is 781 g/mol. The van der Waals surface area contributed by atoms with Gasteiger partial charge in [-0.3, -0.25) is 14.0 Å². The molecular weight excluding hydrogens is 709 g/mol. The zero-order valence-electron chi connectivity index (χ0n) is 34.3. The normalized spacial score (nSPS) is 12.1. The molecular formula is C46H72N2O6S. The molecule has 55 heavy (non-hydrogen) atoms. The summed E-state index contributed by atoms with van der Waals surface area (Å²) in [5.41, 5.74) is 0.210. The van der Waals surface area contributed by atoms with Crippen LogP contribution in [0.5, 0.6) is 0 Å². The van der Waals surface area contributed by atoms with E-state index >= 15 is 0 Å². The van der Waals surface area contributed by atoms with Gasteiger partial charge in [0.1, 0.15) is 19.8 Å². The third-order valence-corrected chi connectivity index (χ3v) is 10.1. The molecule has 0 fully saturated rings. The van der Waals surface area contributed by atoms with Crippen molar-refractivity contribution in [3.8, 4) is 0 Å². The van der Waals surface area contributed by atoms with E-state index in [-0.39, 0.29) is 37.5 Å². The number of thiazole rings is 1. The van der Waals surface area contributed by atoms with Gasteiger partial charge in [0.15, 0.2) is 10.7 Å². The highest BCUT2D eigenvalue weighted by molar-refractivity contribution is 7.15. The van der Waals surface area contributed by atoms with Gasteiger partial charge >= 0.3 is 17.9 Å². The van der Waals surface area contributed by atoms with E-state index in [1.54, 1.807) is 10.6 Å². The molecule has 9 heteroatoms. The largest absolute Gasteiger partial charge is 0.465 e. The smallest absolute Gasteiger partial charge is 0.358 e. The molecule has 0 aliphatic rings. The third kappa shape index (κ3) is 26.1. The molecule has 0 radical (unpaired) electrons. The van der Waals surface area contributed by atoms with Crippen molar-refractivity contribution in [2.45, 2.75) is 168 Å². The molecule has 2 aromatic heterocycles. The second-order valence-electron chi connectivity index (χ2n) is 14.5.